The molecule has 0 radical (unpaired) electrons. The van der Waals surface area contributed by atoms with Crippen LogP contribution in [0.3, 0.4) is 0 Å². The van der Waals surface area contributed by atoms with Crippen molar-refractivity contribution in [3.63, 3.8) is 0 Å². The van der Waals surface area contributed by atoms with E-state index in [2.05, 4.69) is 12.6 Å². The minimum absolute atomic E-state index is 0.550. The van der Waals surface area contributed by atoms with Gasteiger partial charge in [-0.3, -0.25) is 0 Å². The maximum atomic E-state index is 5.83. The van der Waals surface area contributed by atoms with E-state index >= 15 is 0 Å². The summed E-state index contributed by atoms with van der Waals surface area (Å²) in [5.41, 5.74) is 8.68. The molecular formula is C16H17NO. The molecule has 2 heteroatoms. The van der Waals surface area contributed by atoms with Crippen LogP contribution in [0.25, 0.3) is 0 Å². The molecular weight excluding hydrogens is 222 g/mol. The van der Waals surface area contributed by atoms with E-state index in [0.29, 0.717) is 6.61 Å². The summed E-state index contributed by atoms with van der Waals surface area (Å²) >= 11 is 0. The van der Waals surface area contributed by atoms with Crippen molar-refractivity contribution < 1.29 is 4.74 Å². The molecule has 0 bridgehead atoms. The van der Waals surface area contributed by atoms with Gasteiger partial charge in [-0.05, 0) is 35.7 Å². The van der Waals surface area contributed by atoms with Gasteiger partial charge in [0.1, 0.15) is 12.4 Å². The lowest BCUT2D eigenvalue weighted by Crippen LogP contribution is -1.98. The SMILES string of the molecule is C=CCc1ccccc1OCc1ccc(N)cc1. The number of hydrogen-bond donors (Lipinski definition) is 1. The van der Waals surface area contributed by atoms with Gasteiger partial charge in [-0.15, -0.1) is 6.58 Å². The Kier molecular flexibility index (Phi) is 4.02. The predicted molar refractivity (Wildman–Crippen MR) is 75.5 cm³/mol. The third-order valence-electron chi connectivity index (χ3n) is 2.71. The summed E-state index contributed by atoms with van der Waals surface area (Å²) < 4.78 is 5.83. The fraction of sp³-hybridized carbons (Fsp3) is 0.125. The van der Waals surface area contributed by atoms with Gasteiger partial charge in [0.15, 0.2) is 0 Å². The molecule has 0 saturated carbocycles. The smallest absolute Gasteiger partial charge is 0.123 e. The molecule has 92 valence electrons. The minimum Gasteiger partial charge on any atom is -0.489 e. The Morgan fingerprint density at radius 3 is 2.50 bits per heavy atom. The highest BCUT2D eigenvalue weighted by atomic mass is 16.5. The van der Waals surface area contributed by atoms with Crippen LogP contribution < -0.4 is 10.5 Å². The molecule has 0 aliphatic rings. The second-order valence-electron chi connectivity index (χ2n) is 4.13. The van der Waals surface area contributed by atoms with Crippen molar-refractivity contribution in [2.24, 2.45) is 0 Å². The van der Waals surface area contributed by atoms with E-state index in [0.717, 1.165) is 29.0 Å². The molecule has 0 spiro atoms. The Hall–Kier alpha value is -2.22. The van der Waals surface area contributed by atoms with Crippen LogP contribution in [0, 0.1) is 0 Å². The van der Waals surface area contributed by atoms with Crippen LogP contribution in [-0.4, -0.2) is 0 Å². The van der Waals surface area contributed by atoms with E-state index in [9.17, 15) is 0 Å². The van der Waals surface area contributed by atoms with Crippen molar-refractivity contribution >= 4 is 5.69 Å². The highest BCUT2D eigenvalue weighted by Crippen LogP contribution is 2.20. The summed E-state index contributed by atoms with van der Waals surface area (Å²) in [5.74, 6) is 0.911. The van der Waals surface area contributed by atoms with Gasteiger partial charge >= 0.3 is 0 Å². The number of hydrogen-bond acceptors (Lipinski definition) is 2. The maximum Gasteiger partial charge on any atom is 0.123 e. The molecule has 0 saturated heterocycles. The Bertz CT molecular complexity index is 517. The summed E-state index contributed by atoms with van der Waals surface area (Å²) in [4.78, 5) is 0. The van der Waals surface area contributed by atoms with Gasteiger partial charge in [-0.25, -0.2) is 0 Å². The summed E-state index contributed by atoms with van der Waals surface area (Å²) in [7, 11) is 0. The van der Waals surface area contributed by atoms with Crippen LogP contribution in [0.15, 0.2) is 61.2 Å². The monoisotopic (exact) mass is 239 g/mol. The Morgan fingerprint density at radius 1 is 1.06 bits per heavy atom. The third kappa shape index (κ3) is 3.14. The number of nitrogens with two attached hydrogens (primary N) is 1. The molecule has 2 rings (SSSR count). The first-order valence-electron chi connectivity index (χ1n) is 5.95. The van der Waals surface area contributed by atoms with E-state index in [1.165, 1.54) is 0 Å². The number of anilines is 1. The number of para-hydroxylation sites is 1. The average Bonchev–Trinajstić information content (AvgIpc) is 2.40. The van der Waals surface area contributed by atoms with Gasteiger partial charge in [0.05, 0.1) is 0 Å². The molecule has 0 unspecified atom stereocenters. The van der Waals surface area contributed by atoms with E-state index < -0.39 is 0 Å². The van der Waals surface area contributed by atoms with Crippen LogP contribution >= 0.6 is 0 Å². The zero-order valence-electron chi connectivity index (χ0n) is 10.3. The van der Waals surface area contributed by atoms with Crippen molar-refractivity contribution in [1.82, 2.24) is 0 Å². The van der Waals surface area contributed by atoms with Crippen LogP contribution in [0.5, 0.6) is 5.75 Å². The summed E-state index contributed by atoms with van der Waals surface area (Å²) in [6.45, 7) is 4.31. The molecule has 0 aliphatic heterocycles. The van der Waals surface area contributed by atoms with Gasteiger partial charge in [0.2, 0.25) is 0 Å². The third-order valence-corrected chi connectivity index (χ3v) is 2.71. The Morgan fingerprint density at radius 2 is 1.78 bits per heavy atom. The van der Waals surface area contributed by atoms with Crippen molar-refractivity contribution in [2.75, 3.05) is 5.73 Å². The molecule has 2 aromatic rings. The lowest BCUT2D eigenvalue weighted by atomic mass is 10.1. The molecule has 2 nitrogen and oxygen atoms in total. The van der Waals surface area contributed by atoms with Crippen LogP contribution in [0.1, 0.15) is 11.1 Å². The second-order valence-corrected chi connectivity index (χ2v) is 4.13. The molecule has 0 aromatic heterocycles. The Labute approximate surface area is 108 Å². The molecule has 0 aliphatic carbocycles. The van der Waals surface area contributed by atoms with Crippen LogP contribution in [0.4, 0.5) is 5.69 Å². The fourth-order valence-electron chi connectivity index (χ4n) is 1.74. The molecule has 0 fully saturated rings. The van der Waals surface area contributed by atoms with E-state index in [1.807, 2.05) is 48.5 Å². The highest BCUT2D eigenvalue weighted by molar-refractivity contribution is 5.39. The molecule has 2 aromatic carbocycles. The zero-order valence-corrected chi connectivity index (χ0v) is 10.3. The first-order valence-corrected chi connectivity index (χ1v) is 5.95. The fourth-order valence-corrected chi connectivity index (χ4v) is 1.74. The largest absolute Gasteiger partial charge is 0.489 e. The standard InChI is InChI=1S/C16H17NO/c1-2-5-14-6-3-4-7-16(14)18-12-13-8-10-15(17)11-9-13/h2-4,6-11H,1,5,12,17H2. The lowest BCUT2D eigenvalue weighted by Gasteiger charge is -2.10. The molecule has 0 amide bonds. The minimum atomic E-state index is 0.550. The van der Waals surface area contributed by atoms with Crippen molar-refractivity contribution in [1.29, 1.82) is 0 Å². The topological polar surface area (TPSA) is 35.2 Å². The van der Waals surface area contributed by atoms with Crippen molar-refractivity contribution in [2.45, 2.75) is 13.0 Å². The van der Waals surface area contributed by atoms with Gasteiger partial charge in [0.25, 0.3) is 0 Å². The number of allylic oxidation sites excluding steroid dienone is 1. The normalized spacial score (nSPS) is 10.0. The summed E-state index contributed by atoms with van der Waals surface area (Å²) in [5, 5.41) is 0. The number of rotatable bonds is 5. The second kappa shape index (κ2) is 5.92. The Balaban J connectivity index is 2.05. The van der Waals surface area contributed by atoms with E-state index in [1.54, 1.807) is 0 Å². The first-order chi connectivity index (χ1) is 8.79. The zero-order chi connectivity index (χ0) is 12.8. The average molecular weight is 239 g/mol. The van der Waals surface area contributed by atoms with E-state index in [-0.39, 0.29) is 0 Å². The molecule has 18 heavy (non-hydrogen) atoms. The predicted octanol–water partition coefficient (Wildman–Crippen LogP) is 3.58. The van der Waals surface area contributed by atoms with Crippen LogP contribution in [-0.2, 0) is 13.0 Å². The maximum absolute atomic E-state index is 5.83. The number of ether oxygens (including phenoxy) is 1. The first kappa shape index (κ1) is 12.2. The van der Waals surface area contributed by atoms with Gasteiger partial charge < -0.3 is 10.5 Å². The van der Waals surface area contributed by atoms with Crippen LogP contribution in [0.2, 0.25) is 0 Å². The van der Waals surface area contributed by atoms with E-state index in [4.69, 9.17) is 10.5 Å². The molecule has 2 N–H and O–H groups in total. The van der Waals surface area contributed by atoms with Gasteiger partial charge in [-0.1, -0.05) is 36.4 Å². The summed E-state index contributed by atoms with van der Waals surface area (Å²) in [6, 6.07) is 15.7. The number of benzene rings is 2. The molecule has 0 heterocycles. The molecule has 0 atom stereocenters. The lowest BCUT2D eigenvalue weighted by molar-refractivity contribution is 0.303. The summed E-state index contributed by atoms with van der Waals surface area (Å²) in [6.07, 6.45) is 2.70. The van der Waals surface area contributed by atoms with Crippen molar-refractivity contribution in [3.05, 3.63) is 72.3 Å². The highest BCUT2D eigenvalue weighted by Gasteiger charge is 2.01. The van der Waals surface area contributed by atoms with Gasteiger partial charge in [0, 0.05) is 5.69 Å². The van der Waals surface area contributed by atoms with Gasteiger partial charge in [-0.2, -0.15) is 0 Å². The number of nitrogen functional groups attached to an aromatic ring is 1. The quantitative estimate of drug-likeness (QED) is 0.639. The van der Waals surface area contributed by atoms with Crippen molar-refractivity contribution in [3.8, 4) is 5.75 Å².